The molecule has 2 heterocycles. The molecule has 4 rings (SSSR count). The van der Waals surface area contributed by atoms with E-state index in [9.17, 15) is 4.79 Å². The Labute approximate surface area is 189 Å². The fourth-order valence-electron chi connectivity index (χ4n) is 3.12. The van der Waals surface area contributed by atoms with Gasteiger partial charge < -0.3 is 14.2 Å². The van der Waals surface area contributed by atoms with Crippen molar-refractivity contribution in [3.63, 3.8) is 0 Å². The lowest BCUT2D eigenvalue weighted by Gasteiger charge is -2.12. The minimum Gasteiger partial charge on any atom is -0.494 e. The first-order valence-electron chi connectivity index (χ1n) is 10.4. The number of fused-ring (bicyclic) bond motifs is 1. The molecule has 0 atom stereocenters. The van der Waals surface area contributed by atoms with Crippen LogP contribution in [0.2, 0.25) is 0 Å². The number of thiazole rings is 1. The van der Waals surface area contributed by atoms with Crippen LogP contribution in [0, 0.1) is 5.92 Å². The molecule has 0 bridgehead atoms. The SMILES string of the molecule is CCOc1ccc(-c2nc3s/c(=C\c4ccc(OCC(C)C)c(OC)c4)c(=O)n3n2)cc1. The standard InChI is InChI=1S/C24H25N3O4S/c1-5-30-18-9-7-17(8-10-18)22-25-24-27(26-22)23(28)21(32-24)13-16-6-11-19(20(12-16)29-4)31-14-15(2)3/h6-13,15H,5,14H2,1-4H3/b21-13-. The van der Waals surface area contributed by atoms with E-state index in [1.165, 1.54) is 15.9 Å². The molecule has 2 aromatic carbocycles. The summed E-state index contributed by atoms with van der Waals surface area (Å²) in [5.41, 5.74) is 1.47. The summed E-state index contributed by atoms with van der Waals surface area (Å²) >= 11 is 1.30. The van der Waals surface area contributed by atoms with Crippen molar-refractivity contribution in [3.05, 3.63) is 62.9 Å². The Hall–Kier alpha value is -3.39. The van der Waals surface area contributed by atoms with Gasteiger partial charge in [-0.25, -0.2) is 0 Å². The normalized spacial score (nSPS) is 12.0. The Morgan fingerprint density at radius 1 is 1.09 bits per heavy atom. The van der Waals surface area contributed by atoms with E-state index in [0.717, 1.165) is 16.9 Å². The first-order valence-corrected chi connectivity index (χ1v) is 11.3. The van der Waals surface area contributed by atoms with Crippen LogP contribution in [-0.4, -0.2) is 34.9 Å². The summed E-state index contributed by atoms with van der Waals surface area (Å²) in [6, 6.07) is 13.1. The molecule has 0 aliphatic rings. The molecule has 2 aromatic heterocycles. The maximum Gasteiger partial charge on any atom is 0.291 e. The zero-order chi connectivity index (χ0) is 22.7. The third-order valence-corrected chi connectivity index (χ3v) is 5.62. The van der Waals surface area contributed by atoms with Crippen LogP contribution in [0.25, 0.3) is 22.4 Å². The van der Waals surface area contributed by atoms with Gasteiger partial charge in [-0.05, 0) is 60.9 Å². The molecule has 0 N–H and O–H groups in total. The summed E-state index contributed by atoms with van der Waals surface area (Å²) in [7, 11) is 1.60. The average molecular weight is 452 g/mol. The van der Waals surface area contributed by atoms with Gasteiger partial charge in [0, 0.05) is 5.56 Å². The highest BCUT2D eigenvalue weighted by molar-refractivity contribution is 7.15. The van der Waals surface area contributed by atoms with Crippen LogP contribution in [0.15, 0.2) is 47.3 Å². The summed E-state index contributed by atoms with van der Waals surface area (Å²) in [6.45, 7) is 7.33. The van der Waals surface area contributed by atoms with Crippen LogP contribution >= 0.6 is 11.3 Å². The van der Waals surface area contributed by atoms with Crippen LogP contribution in [0.4, 0.5) is 0 Å². The second-order valence-electron chi connectivity index (χ2n) is 7.62. The molecule has 0 aliphatic heterocycles. The number of methoxy groups -OCH3 is 1. The molecular formula is C24H25N3O4S. The van der Waals surface area contributed by atoms with Gasteiger partial charge in [-0.2, -0.15) is 9.50 Å². The second-order valence-corrected chi connectivity index (χ2v) is 8.63. The van der Waals surface area contributed by atoms with Gasteiger partial charge in [0.2, 0.25) is 4.96 Å². The molecule has 32 heavy (non-hydrogen) atoms. The van der Waals surface area contributed by atoms with Crippen molar-refractivity contribution in [3.8, 4) is 28.6 Å². The third kappa shape index (κ3) is 4.60. The van der Waals surface area contributed by atoms with Gasteiger partial charge in [-0.15, -0.1) is 5.10 Å². The molecule has 0 spiro atoms. The molecular weight excluding hydrogens is 426 g/mol. The van der Waals surface area contributed by atoms with Gasteiger partial charge in [-0.1, -0.05) is 31.3 Å². The van der Waals surface area contributed by atoms with Crippen molar-refractivity contribution in [2.45, 2.75) is 20.8 Å². The van der Waals surface area contributed by atoms with E-state index in [1.807, 2.05) is 55.5 Å². The molecule has 7 nitrogen and oxygen atoms in total. The van der Waals surface area contributed by atoms with Crippen LogP contribution in [0.1, 0.15) is 26.3 Å². The summed E-state index contributed by atoms with van der Waals surface area (Å²) in [5.74, 6) is 3.02. The lowest BCUT2D eigenvalue weighted by atomic mass is 10.2. The third-order valence-electron chi connectivity index (χ3n) is 4.66. The zero-order valence-electron chi connectivity index (χ0n) is 18.5. The quantitative estimate of drug-likeness (QED) is 0.406. The van der Waals surface area contributed by atoms with Crippen LogP contribution in [0.5, 0.6) is 17.2 Å². The molecule has 0 saturated carbocycles. The van der Waals surface area contributed by atoms with Gasteiger partial charge in [0.1, 0.15) is 5.75 Å². The molecule has 0 saturated heterocycles. The van der Waals surface area contributed by atoms with Crippen molar-refractivity contribution in [1.82, 2.24) is 14.6 Å². The van der Waals surface area contributed by atoms with E-state index >= 15 is 0 Å². The molecule has 8 heteroatoms. The summed E-state index contributed by atoms with van der Waals surface area (Å²) < 4.78 is 18.6. The van der Waals surface area contributed by atoms with E-state index in [4.69, 9.17) is 14.2 Å². The summed E-state index contributed by atoms with van der Waals surface area (Å²) in [5, 5.41) is 4.41. The number of aromatic nitrogens is 3. The highest BCUT2D eigenvalue weighted by Crippen LogP contribution is 2.29. The van der Waals surface area contributed by atoms with E-state index in [0.29, 0.717) is 45.9 Å². The molecule has 4 aromatic rings. The predicted octanol–water partition coefficient (Wildman–Crippen LogP) is 3.81. The maximum absolute atomic E-state index is 12.9. The molecule has 0 unspecified atom stereocenters. The van der Waals surface area contributed by atoms with Crippen LogP contribution in [0.3, 0.4) is 0 Å². The molecule has 166 valence electrons. The number of ether oxygens (including phenoxy) is 3. The van der Waals surface area contributed by atoms with Crippen molar-refractivity contribution in [2.24, 2.45) is 5.92 Å². The van der Waals surface area contributed by atoms with Crippen molar-refractivity contribution >= 4 is 22.4 Å². The van der Waals surface area contributed by atoms with Crippen LogP contribution < -0.4 is 24.3 Å². The predicted molar refractivity (Wildman–Crippen MR) is 126 cm³/mol. The molecule has 0 fully saturated rings. The minimum atomic E-state index is -0.200. The first-order chi connectivity index (χ1) is 15.5. The van der Waals surface area contributed by atoms with Crippen molar-refractivity contribution < 1.29 is 14.2 Å². The average Bonchev–Trinajstić information content (AvgIpc) is 3.33. The van der Waals surface area contributed by atoms with Crippen molar-refractivity contribution in [1.29, 1.82) is 0 Å². The number of rotatable bonds is 8. The Kier molecular flexibility index (Phi) is 6.41. The molecule has 0 amide bonds. The number of nitrogens with zero attached hydrogens (tertiary/aromatic N) is 3. The van der Waals surface area contributed by atoms with Gasteiger partial charge >= 0.3 is 0 Å². The zero-order valence-corrected chi connectivity index (χ0v) is 19.3. The van der Waals surface area contributed by atoms with Gasteiger partial charge in [0.15, 0.2) is 17.3 Å². The Bertz CT molecular complexity index is 1330. The number of hydrogen-bond acceptors (Lipinski definition) is 7. The van der Waals surface area contributed by atoms with Gasteiger partial charge in [0.05, 0.1) is 24.9 Å². The summed E-state index contributed by atoms with van der Waals surface area (Å²) in [4.78, 5) is 18.0. The lowest BCUT2D eigenvalue weighted by Crippen LogP contribution is -2.23. The second kappa shape index (κ2) is 9.40. The van der Waals surface area contributed by atoms with E-state index in [-0.39, 0.29) is 5.56 Å². The van der Waals surface area contributed by atoms with E-state index in [1.54, 1.807) is 7.11 Å². The Morgan fingerprint density at radius 2 is 1.88 bits per heavy atom. The topological polar surface area (TPSA) is 75.0 Å². The Balaban J connectivity index is 1.63. The van der Waals surface area contributed by atoms with Gasteiger partial charge in [-0.3, -0.25) is 4.79 Å². The number of benzene rings is 2. The van der Waals surface area contributed by atoms with Gasteiger partial charge in [0.25, 0.3) is 5.56 Å². The first kappa shape index (κ1) is 21.8. The largest absolute Gasteiger partial charge is 0.494 e. The monoisotopic (exact) mass is 451 g/mol. The minimum absolute atomic E-state index is 0.200. The highest BCUT2D eigenvalue weighted by Gasteiger charge is 2.13. The smallest absolute Gasteiger partial charge is 0.291 e. The van der Waals surface area contributed by atoms with Crippen molar-refractivity contribution in [2.75, 3.05) is 20.3 Å². The van der Waals surface area contributed by atoms with Crippen LogP contribution in [-0.2, 0) is 0 Å². The Morgan fingerprint density at radius 3 is 2.53 bits per heavy atom. The highest BCUT2D eigenvalue weighted by atomic mass is 32.1. The van der Waals surface area contributed by atoms with E-state index in [2.05, 4.69) is 23.9 Å². The maximum atomic E-state index is 12.9. The molecule has 0 aliphatic carbocycles. The lowest BCUT2D eigenvalue weighted by molar-refractivity contribution is 0.257. The van der Waals surface area contributed by atoms with E-state index < -0.39 is 0 Å². The number of hydrogen-bond donors (Lipinski definition) is 0. The fraction of sp³-hybridized carbons (Fsp3) is 0.292. The summed E-state index contributed by atoms with van der Waals surface area (Å²) in [6.07, 6.45) is 1.81. The molecule has 0 radical (unpaired) electrons. The fourth-order valence-corrected chi connectivity index (χ4v) is 4.03.